The number of anilines is 2. The van der Waals surface area contributed by atoms with Crippen molar-refractivity contribution in [2.75, 3.05) is 23.3 Å². The van der Waals surface area contributed by atoms with Crippen LogP contribution in [-0.2, 0) is 18.4 Å². The molecule has 1 amide bonds. The molecule has 46 heavy (non-hydrogen) atoms. The lowest BCUT2D eigenvalue weighted by atomic mass is 10.0. The van der Waals surface area contributed by atoms with Gasteiger partial charge >= 0.3 is 0 Å². The van der Waals surface area contributed by atoms with Gasteiger partial charge in [0.05, 0.1) is 33.5 Å². The molecule has 0 aliphatic carbocycles. The third-order valence-electron chi connectivity index (χ3n) is 8.68. The molecule has 0 atom stereocenters. The zero-order valence-corrected chi connectivity index (χ0v) is 25.9. The molecule has 1 N–H and O–H groups in total. The zero-order valence-electron chi connectivity index (χ0n) is 25.9. The summed E-state index contributed by atoms with van der Waals surface area (Å²) >= 11 is 0. The maximum atomic E-state index is 13.8. The summed E-state index contributed by atoms with van der Waals surface area (Å²) in [5.74, 6) is -0.367. The van der Waals surface area contributed by atoms with E-state index in [0.717, 1.165) is 59.1 Å². The lowest BCUT2D eigenvalue weighted by Crippen LogP contribution is -2.32. The van der Waals surface area contributed by atoms with Crippen molar-refractivity contribution >= 4 is 38.8 Å². The number of hydrogen-bond acceptors (Lipinski definition) is 6. The van der Waals surface area contributed by atoms with Gasteiger partial charge in [-0.05, 0) is 50.5 Å². The standard InChI is InChI=1S/C37H34N6O3/c1-24-14-16-25(17-15-24)34-28-11-5-7-13-30(28)37(46)43(40-34)23-33(44)38-31-22-26(18-19-32(31)42-20-8-3-9-21-42)35-27-10-4-6-12-29(27)36(45)41(2)39-35/h4-7,10-19,22H,3,8-9,20-21,23H2,1-2H3,(H,38,44). The number of nitrogens with one attached hydrogen (secondary N) is 1. The van der Waals surface area contributed by atoms with Crippen LogP contribution in [0.5, 0.6) is 0 Å². The molecule has 4 aromatic carbocycles. The fraction of sp³-hybridized carbons (Fsp3) is 0.216. The Morgan fingerprint density at radius 3 is 1.98 bits per heavy atom. The third kappa shape index (κ3) is 5.45. The zero-order chi connectivity index (χ0) is 31.8. The summed E-state index contributed by atoms with van der Waals surface area (Å²) in [6.45, 7) is 3.53. The quantitative estimate of drug-likeness (QED) is 0.251. The van der Waals surface area contributed by atoms with Crippen LogP contribution in [0.15, 0.2) is 101 Å². The predicted octanol–water partition coefficient (Wildman–Crippen LogP) is 5.91. The van der Waals surface area contributed by atoms with Crippen molar-refractivity contribution in [2.24, 2.45) is 7.05 Å². The van der Waals surface area contributed by atoms with E-state index in [2.05, 4.69) is 15.3 Å². The van der Waals surface area contributed by atoms with E-state index < -0.39 is 0 Å². The highest BCUT2D eigenvalue weighted by Crippen LogP contribution is 2.34. The molecule has 6 aromatic rings. The van der Waals surface area contributed by atoms with Gasteiger partial charge in [-0.15, -0.1) is 0 Å². The maximum Gasteiger partial charge on any atom is 0.275 e. The number of fused-ring (bicyclic) bond motifs is 2. The Labute approximate surface area is 265 Å². The van der Waals surface area contributed by atoms with Crippen molar-refractivity contribution in [2.45, 2.75) is 32.7 Å². The molecule has 1 saturated heterocycles. The smallest absolute Gasteiger partial charge is 0.275 e. The molecule has 0 unspecified atom stereocenters. The topological polar surface area (TPSA) is 102 Å². The molecule has 230 valence electrons. The second-order valence-corrected chi connectivity index (χ2v) is 11.9. The van der Waals surface area contributed by atoms with Crippen molar-refractivity contribution in [3.63, 3.8) is 0 Å². The van der Waals surface area contributed by atoms with Gasteiger partial charge in [0.25, 0.3) is 11.1 Å². The molecule has 1 aliphatic heterocycles. The van der Waals surface area contributed by atoms with Gasteiger partial charge in [0.1, 0.15) is 6.54 Å². The number of aryl methyl sites for hydroxylation is 2. The monoisotopic (exact) mass is 610 g/mol. The number of benzene rings is 4. The summed E-state index contributed by atoms with van der Waals surface area (Å²) in [5.41, 5.74) is 5.08. The van der Waals surface area contributed by atoms with Crippen molar-refractivity contribution in [1.29, 1.82) is 0 Å². The van der Waals surface area contributed by atoms with Crippen LogP contribution in [0, 0.1) is 6.92 Å². The average Bonchev–Trinajstić information content (AvgIpc) is 3.08. The first-order valence-corrected chi connectivity index (χ1v) is 15.6. The lowest BCUT2D eigenvalue weighted by molar-refractivity contribution is -0.117. The summed E-state index contributed by atoms with van der Waals surface area (Å²) in [4.78, 5) is 42.4. The SMILES string of the molecule is Cc1ccc(-c2nn(CC(=O)Nc3cc(-c4nn(C)c(=O)c5ccccc45)ccc3N3CCCCC3)c(=O)c3ccccc23)cc1. The molecule has 2 aromatic heterocycles. The highest BCUT2D eigenvalue weighted by Gasteiger charge is 2.20. The molecule has 0 saturated carbocycles. The second kappa shape index (κ2) is 12.1. The summed E-state index contributed by atoms with van der Waals surface area (Å²) < 4.78 is 2.59. The van der Waals surface area contributed by atoms with Crippen molar-refractivity contribution in [1.82, 2.24) is 19.6 Å². The first-order chi connectivity index (χ1) is 22.4. The molecule has 1 aliphatic rings. The summed E-state index contributed by atoms with van der Waals surface area (Å²) in [7, 11) is 1.64. The minimum absolute atomic E-state index is 0.170. The summed E-state index contributed by atoms with van der Waals surface area (Å²) in [6, 6.07) is 28.7. The molecule has 3 heterocycles. The van der Waals surface area contributed by atoms with Crippen molar-refractivity contribution < 1.29 is 4.79 Å². The van der Waals surface area contributed by atoms with Crippen LogP contribution in [0.4, 0.5) is 11.4 Å². The normalized spacial score (nSPS) is 13.3. The van der Waals surface area contributed by atoms with Crippen LogP contribution in [0.25, 0.3) is 44.1 Å². The Bertz CT molecular complexity index is 2230. The first-order valence-electron chi connectivity index (χ1n) is 15.6. The first kappa shape index (κ1) is 29.2. The highest BCUT2D eigenvalue weighted by molar-refractivity contribution is 5.99. The van der Waals surface area contributed by atoms with Crippen molar-refractivity contribution in [3.8, 4) is 22.5 Å². The summed E-state index contributed by atoms with van der Waals surface area (Å²) in [6.07, 6.45) is 3.31. The third-order valence-corrected chi connectivity index (χ3v) is 8.68. The van der Waals surface area contributed by atoms with Crippen LogP contribution in [0.2, 0.25) is 0 Å². The van der Waals surface area contributed by atoms with E-state index >= 15 is 0 Å². The van der Waals surface area contributed by atoms with E-state index in [0.29, 0.717) is 27.8 Å². The Morgan fingerprint density at radius 2 is 1.30 bits per heavy atom. The highest BCUT2D eigenvalue weighted by atomic mass is 16.2. The molecular formula is C37H34N6O3. The molecule has 9 nitrogen and oxygen atoms in total. The molecule has 9 heteroatoms. The fourth-order valence-corrected chi connectivity index (χ4v) is 6.30. The van der Waals surface area contributed by atoms with Gasteiger partial charge in [0.2, 0.25) is 5.91 Å². The fourth-order valence-electron chi connectivity index (χ4n) is 6.30. The minimum Gasteiger partial charge on any atom is -0.370 e. The Morgan fingerprint density at radius 1 is 0.717 bits per heavy atom. The van der Waals surface area contributed by atoms with Gasteiger partial charge < -0.3 is 10.2 Å². The van der Waals surface area contributed by atoms with Gasteiger partial charge in [0.15, 0.2) is 0 Å². The number of rotatable bonds is 6. The van der Waals surface area contributed by atoms with Crippen molar-refractivity contribution in [3.05, 3.63) is 117 Å². The molecule has 0 bridgehead atoms. The van der Waals surface area contributed by atoms with Crippen LogP contribution >= 0.6 is 0 Å². The maximum absolute atomic E-state index is 13.8. The Balaban J connectivity index is 1.28. The van der Waals surface area contributed by atoms with E-state index in [1.54, 1.807) is 19.2 Å². The van der Waals surface area contributed by atoms with E-state index in [9.17, 15) is 14.4 Å². The van der Waals surface area contributed by atoms with Crippen LogP contribution in [-0.4, -0.2) is 38.6 Å². The molecule has 1 fully saturated rings. The Kier molecular flexibility index (Phi) is 7.66. The van der Waals surface area contributed by atoms with Crippen LogP contribution < -0.4 is 21.3 Å². The van der Waals surface area contributed by atoms with E-state index in [1.807, 2.05) is 85.8 Å². The van der Waals surface area contributed by atoms with Gasteiger partial charge in [0, 0.05) is 42.0 Å². The van der Waals surface area contributed by atoms with E-state index in [1.165, 1.54) is 15.8 Å². The number of nitrogens with zero attached hydrogens (tertiary/aromatic N) is 5. The van der Waals surface area contributed by atoms with Crippen LogP contribution in [0.1, 0.15) is 24.8 Å². The number of carbonyl (C=O) groups is 1. The predicted molar refractivity (Wildman–Crippen MR) is 183 cm³/mol. The van der Waals surface area contributed by atoms with E-state index in [-0.39, 0.29) is 23.6 Å². The largest absolute Gasteiger partial charge is 0.370 e. The van der Waals surface area contributed by atoms with Gasteiger partial charge in [-0.25, -0.2) is 9.36 Å². The average molecular weight is 611 g/mol. The lowest BCUT2D eigenvalue weighted by Gasteiger charge is -2.31. The van der Waals surface area contributed by atoms with Gasteiger partial charge in [-0.2, -0.15) is 10.2 Å². The number of amides is 1. The number of hydrogen-bond donors (Lipinski definition) is 1. The van der Waals surface area contributed by atoms with Gasteiger partial charge in [-0.1, -0.05) is 72.3 Å². The molecule has 0 spiro atoms. The van der Waals surface area contributed by atoms with E-state index in [4.69, 9.17) is 5.10 Å². The Hall–Kier alpha value is -5.57. The number of piperidine rings is 1. The van der Waals surface area contributed by atoms with Crippen LogP contribution in [0.3, 0.4) is 0 Å². The number of aromatic nitrogens is 4. The summed E-state index contributed by atoms with van der Waals surface area (Å²) in [5, 5.41) is 15.0. The molecule has 0 radical (unpaired) electrons. The number of carbonyl (C=O) groups excluding carboxylic acids is 1. The van der Waals surface area contributed by atoms with Gasteiger partial charge in [-0.3, -0.25) is 14.4 Å². The second-order valence-electron chi connectivity index (χ2n) is 11.9. The minimum atomic E-state index is -0.367. The molecular weight excluding hydrogens is 576 g/mol. The molecule has 7 rings (SSSR count).